The van der Waals surface area contributed by atoms with Gasteiger partial charge in [-0.15, -0.1) is 20.8 Å². The number of nitrogens with one attached hydrogen (secondary N) is 3. The molecule has 5 atom stereocenters. The van der Waals surface area contributed by atoms with Gasteiger partial charge in [-0.2, -0.15) is 11.8 Å². The molecule has 2 saturated heterocycles. The topological polar surface area (TPSA) is 134 Å². The Hall–Kier alpha value is -1.32. The quantitative estimate of drug-likeness (QED) is 0.0372. The van der Waals surface area contributed by atoms with Gasteiger partial charge in [0.05, 0.1) is 25.2 Å². The van der Waals surface area contributed by atoms with E-state index in [0.717, 1.165) is 30.6 Å². The molecule has 1 aromatic rings. The SMILES string of the molecule is CC(C)(C)[Si](C)(C)C.CCC.CCC(COC(=O)CCC(=O)NC)NC(=O)CCC(=O)CCCC[C@@H]1SC[C@H]2[C@@H]1NCN2C(=O)c1ccc(C(C)(C)C)cc1.CCl.CP.[2H]C.[3H]C.[CH3-].[Pd]. The van der Waals surface area contributed by atoms with Gasteiger partial charge in [0, 0.05) is 93.0 Å². The third-order valence-corrected chi connectivity index (χ3v) is 16.7. The number of thioether (sulfide) groups is 1. The van der Waals surface area contributed by atoms with E-state index in [2.05, 4.69) is 124 Å². The molecule has 0 spiro atoms. The number of carbonyl (C=O) groups excluding carboxylic acids is 5. The normalized spacial score (nSPS) is 16.6. The molecule has 3 N–H and O–H groups in total. The summed E-state index contributed by atoms with van der Waals surface area (Å²) in [7, 11) is 5.56. The molecule has 3 rings (SSSR count). The second kappa shape index (κ2) is 38.8. The van der Waals surface area contributed by atoms with Crippen molar-refractivity contribution in [2.75, 3.05) is 39.1 Å². The first-order valence-electron chi connectivity index (χ1n) is 23.5. The van der Waals surface area contributed by atoms with Gasteiger partial charge in [0.1, 0.15) is 12.4 Å². The monoisotopic (exact) mass is 1060 g/mol. The molecule has 2 aliphatic heterocycles. The van der Waals surface area contributed by atoms with E-state index in [1.54, 1.807) is 0 Å². The fourth-order valence-electron chi connectivity index (χ4n) is 5.53. The Morgan fingerprint density at radius 1 is 0.952 bits per heavy atom. The Morgan fingerprint density at radius 2 is 1.46 bits per heavy atom. The van der Waals surface area contributed by atoms with Crippen LogP contribution < -0.4 is 16.0 Å². The van der Waals surface area contributed by atoms with Crippen LogP contribution in [0.15, 0.2) is 24.3 Å². The molecule has 2 fully saturated rings. The number of rotatable bonds is 16. The number of amides is 3. The van der Waals surface area contributed by atoms with Gasteiger partial charge in [-0.05, 0) is 47.4 Å². The third kappa shape index (κ3) is 29.8. The molecule has 0 radical (unpaired) electrons. The minimum Gasteiger partial charge on any atom is -0.463 e. The van der Waals surface area contributed by atoms with Crippen molar-refractivity contribution in [3.63, 3.8) is 0 Å². The van der Waals surface area contributed by atoms with Crippen molar-refractivity contribution < 1.29 is 51.9 Å². The summed E-state index contributed by atoms with van der Waals surface area (Å²) in [6.45, 7) is 29.4. The molecule has 63 heavy (non-hydrogen) atoms. The smallest absolute Gasteiger partial charge is 0.306 e. The van der Waals surface area contributed by atoms with Crippen LogP contribution in [0.2, 0.25) is 24.7 Å². The summed E-state index contributed by atoms with van der Waals surface area (Å²) in [4.78, 5) is 63.1. The molecule has 0 bridgehead atoms. The van der Waals surface area contributed by atoms with Crippen LogP contribution in [0.25, 0.3) is 0 Å². The minimum absolute atomic E-state index is 0. The van der Waals surface area contributed by atoms with Gasteiger partial charge in [0.2, 0.25) is 11.8 Å². The fraction of sp³-hybridized carbons (Fsp3) is 0.750. The maximum absolute atomic E-state index is 13.3. The van der Waals surface area contributed by atoms with E-state index in [4.69, 9.17) is 7.48 Å². The molecule has 376 valence electrons. The molecule has 10 nitrogen and oxygen atoms in total. The summed E-state index contributed by atoms with van der Waals surface area (Å²) in [5.41, 5.74) is 1.98. The number of hydrogen-bond donors (Lipinski definition) is 3. The molecule has 2 heterocycles. The van der Waals surface area contributed by atoms with Crippen molar-refractivity contribution in [2.45, 2.75) is 195 Å². The summed E-state index contributed by atoms with van der Waals surface area (Å²) < 4.78 is 16.7. The molecular weight excluding hydrogens is 962 g/mol. The van der Waals surface area contributed by atoms with Gasteiger partial charge in [0.15, 0.2) is 0 Å². The Balaban J connectivity index is -0.000000355. The number of hydrogen-bond acceptors (Lipinski definition) is 8. The number of unbranched alkanes of at least 4 members (excludes halogenated alkanes) is 1. The van der Waals surface area contributed by atoms with Crippen LogP contribution in [0, 0.1) is 7.43 Å². The fourth-order valence-corrected chi connectivity index (χ4v) is 7.18. The Morgan fingerprint density at radius 3 is 1.92 bits per heavy atom. The summed E-state index contributed by atoms with van der Waals surface area (Å²) >= 11 is 6.54. The first kappa shape index (κ1) is 68.3. The standard InChI is InChI=1S/C33H50N4O6S.C7H18Si.C3H8.CH3Cl.CH5P.2CH4.CH3.Pd/c1-6-24(19-43-30(41)18-17-28(39)34-5)36-29(40)16-15-25(38)9-7-8-10-27-31-26(20-44-27)37(21-35-31)32(42)22-11-13-23(14-12-22)33(2,3)4;1-7(2,3)8(4,5)6;1-3-2;2*1-2;;;;/h11-14,24,26-27,31,35H,6-10,15-21H2,1-5H3,(H,34,39)(H,36,40);1-6H3;3H2,1-2H3;1H3;2H2,1H3;2*1H4;1H3;/q;;;;;;;-1;/t24?,26-,27-,31-;;;;;;;;/m0......../s1/i;;;;;1T;1D;;. The number of halogens is 1. The average Bonchev–Trinajstić information content (AvgIpc) is 3.87. The van der Waals surface area contributed by atoms with E-state index >= 15 is 0 Å². The van der Waals surface area contributed by atoms with E-state index in [-0.39, 0.29) is 107 Å². The maximum atomic E-state index is 13.3. The zero-order valence-electron chi connectivity index (χ0n) is 44.9. The Kier molecular flexibility index (Phi) is 42.0. The van der Waals surface area contributed by atoms with Gasteiger partial charge < -0.3 is 27.7 Å². The van der Waals surface area contributed by atoms with Crippen LogP contribution in [-0.4, -0.2) is 105 Å². The zero-order valence-corrected chi connectivity index (χ0v) is 48.2. The number of esters is 1. The van der Waals surface area contributed by atoms with Gasteiger partial charge in [-0.1, -0.05) is 128 Å². The molecular formula is C48H95ClN4O6PPdSSi-. The number of alkyl halides is 1. The van der Waals surface area contributed by atoms with Crippen molar-refractivity contribution in [1.29, 1.82) is 0 Å². The molecule has 0 aromatic heterocycles. The molecule has 15 heteroatoms. The molecule has 3 amide bonds. The summed E-state index contributed by atoms with van der Waals surface area (Å²) in [6.07, 6.45) is 6.77. The maximum Gasteiger partial charge on any atom is 0.306 e. The molecule has 1 aromatic carbocycles. The van der Waals surface area contributed by atoms with Crippen LogP contribution in [0.3, 0.4) is 0 Å². The second-order valence-electron chi connectivity index (χ2n) is 17.9. The van der Waals surface area contributed by atoms with Gasteiger partial charge in [-0.3, -0.25) is 29.3 Å². The van der Waals surface area contributed by atoms with Gasteiger partial charge in [0.25, 0.3) is 5.91 Å². The first-order valence-corrected chi connectivity index (χ1v) is 27.9. The second-order valence-corrected chi connectivity index (χ2v) is 25.2. The molecule has 2 unspecified atom stereocenters. The van der Waals surface area contributed by atoms with Crippen molar-refractivity contribution in [3.8, 4) is 0 Å². The van der Waals surface area contributed by atoms with Crippen molar-refractivity contribution >= 4 is 70.2 Å². The van der Waals surface area contributed by atoms with Crippen LogP contribution in [0.1, 0.15) is 160 Å². The average molecular weight is 1060 g/mol. The summed E-state index contributed by atoms with van der Waals surface area (Å²) in [5, 5.41) is 9.82. The first-order chi connectivity index (χ1) is 29.6. The Bertz CT molecular complexity index is 1380. The number of Topliss-reactive ketones (excluding diaryl/α,β-unsaturated/α-hetero) is 1. The number of fused-ring (bicyclic) bond motifs is 1. The van der Waals surface area contributed by atoms with E-state index in [1.165, 1.54) is 40.2 Å². The minimum atomic E-state index is -0.859. The van der Waals surface area contributed by atoms with Crippen LogP contribution >= 0.6 is 32.6 Å². The van der Waals surface area contributed by atoms with Crippen LogP contribution in [-0.2, 0) is 49.8 Å². The van der Waals surface area contributed by atoms with E-state index in [1.807, 2.05) is 42.4 Å². The van der Waals surface area contributed by atoms with Gasteiger partial charge in [-0.25, -0.2) is 0 Å². The summed E-state index contributed by atoms with van der Waals surface area (Å²) in [5.74, 6) is 0.0959. The van der Waals surface area contributed by atoms with E-state index in [9.17, 15) is 24.0 Å². The zero-order chi connectivity index (χ0) is 50.0. The number of ketones is 1. The molecule has 0 saturated carbocycles. The van der Waals surface area contributed by atoms with Crippen molar-refractivity contribution in [1.82, 2.24) is 20.9 Å². The summed E-state index contributed by atoms with van der Waals surface area (Å²) in [6, 6.07) is 8.09. The van der Waals surface area contributed by atoms with Crippen LogP contribution in [0.5, 0.6) is 0 Å². The number of carbonyl (C=O) groups is 5. The largest absolute Gasteiger partial charge is 0.463 e. The predicted molar refractivity (Wildman–Crippen MR) is 279 cm³/mol. The van der Waals surface area contributed by atoms with Gasteiger partial charge >= 0.3 is 5.97 Å². The third-order valence-electron chi connectivity index (χ3n) is 10.7. The Labute approximate surface area is 417 Å². The van der Waals surface area contributed by atoms with E-state index in [0.29, 0.717) is 29.8 Å². The molecule has 0 aliphatic carbocycles. The number of benzene rings is 1. The predicted octanol–water partition coefficient (Wildman–Crippen LogP) is 11.3. The number of ether oxygens (including phenoxy) is 1. The van der Waals surface area contributed by atoms with Crippen molar-refractivity contribution in [3.05, 3.63) is 42.8 Å². The van der Waals surface area contributed by atoms with Crippen LogP contribution in [0.4, 0.5) is 0 Å². The molecule has 2 aliphatic rings. The van der Waals surface area contributed by atoms with Crippen molar-refractivity contribution in [2.24, 2.45) is 0 Å². The number of nitrogens with zero attached hydrogens (tertiary/aromatic N) is 1. The van der Waals surface area contributed by atoms with E-state index < -0.39 is 14.0 Å².